The molecule has 2 rings (SSSR count). The van der Waals surface area contributed by atoms with E-state index in [0.717, 1.165) is 0 Å². The molecule has 0 aliphatic carbocycles. The zero-order chi connectivity index (χ0) is 14.0. The first-order chi connectivity index (χ1) is 8.87. The fraction of sp³-hybridized carbons (Fsp3) is 0.462. The third-order valence-electron chi connectivity index (χ3n) is 2.73. The van der Waals surface area contributed by atoms with Gasteiger partial charge in [0.25, 0.3) is 5.91 Å². The maximum atomic E-state index is 12.0. The molecule has 1 fully saturated rings. The molecular formula is C13H15Cl2NO3. The van der Waals surface area contributed by atoms with Crippen molar-refractivity contribution in [2.24, 2.45) is 0 Å². The van der Waals surface area contributed by atoms with Crippen LogP contribution in [0.25, 0.3) is 0 Å². The fourth-order valence-electron chi connectivity index (χ4n) is 1.84. The average molecular weight is 304 g/mol. The number of amides is 1. The average Bonchev–Trinajstić information content (AvgIpc) is 2.66. The molecule has 1 amide bonds. The van der Waals surface area contributed by atoms with Gasteiger partial charge in [-0.2, -0.15) is 0 Å². The van der Waals surface area contributed by atoms with Gasteiger partial charge in [-0.15, -0.1) is 0 Å². The van der Waals surface area contributed by atoms with Crippen LogP contribution in [0.15, 0.2) is 18.2 Å². The van der Waals surface area contributed by atoms with E-state index in [2.05, 4.69) is 5.32 Å². The van der Waals surface area contributed by atoms with Crippen molar-refractivity contribution in [3.05, 3.63) is 33.8 Å². The lowest BCUT2D eigenvalue weighted by atomic mass is 10.2. The summed E-state index contributed by atoms with van der Waals surface area (Å²) >= 11 is 11.7. The largest absolute Gasteiger partial charge is 0.349 e. The summed E-state index contributed by atoms with van der Waals surface area (Å²) in [6.07, 6.45) is -0.148. The van der Waals surface area contributed by atoms with Crippen LogP contribution in [-0.4, -0.2) is 30.9 Å². The van der Waals surface area contributed by atoms with Gasteiger partial charge in [0, 0.05) is 11.6 Å². The molecule has 1 saturated heterocycles. The molecule has 1 atom stereocenters. The van der Waals surface area contributed by atoms with Crippen LogP contribution in [0.2, 0.25) is 10.0 Å². The van der Waals surface area contributed by atoms with Gasteiger partial charge in [0.1, 0.15) is 6.10 Å². The molecule has 1 aliphatic rings. The number of nitrogens with one attached hydrogen (secondary N) is 1. The van der Waals surface area contributed by atoms with E-state index in [1.165, 1.54) is 6.07 Å². The van der Waals surface area contributed by atoms with Gasteiger partial charge in [-0.1, -0.05) is 23.2 Å². The SMILES string of the molecule is CC1(C)OCC(CNC(=O)c2ccc(Cl)cc2Cl)O1. The molecule has 4 nitrogen and oxygen atoms in total. The summed E-state index contributed by atoms with van der Waals surface area (Å²) in [5.74, 6) is -0.845. The first-order valence-electron chi connectivity index (χ1n) is 5.92. The third-order valence-corrected chi connectivity index (χ3v) is 3.28. The number of hydrogen-bond acceptors (Lipinski definition) is 3. The van der Waals surface area contributed by atoms with E-state index in [1.807, 2.05) is 13.8 Å². The molecule has 1 N–H and O–H groups in total. The van der Waals surface area contributed by atoms with Crippen LogP contribution in [-0.2, 0) is 9.47 Å². The summed E-state index contributed by atoms with van der Waals surface area (Å²) < 4.78 is 11.0. The van der Waals surface area contributed by atoms with Crippen molar-refractivity contribution in [2.45, 2.75) is 25.7 Å². The van der Waals surface area contributed by atoms with Gasteiger partial charge < -0.3 is 14.8 Å². The fourth-order valence-corrected chi connectivity index (χ4v) is 2.33. The van der Waals surface area contributed by atoms with Crippen LogP contribution in [0, 0.1) is 0 Å². The third kappa shape index (κ3) is 3.83. The maximum absolute atomic E-state index is 12.0. The Hall–Kier alpha value is -0.810. The minimum atomic E-state index is -0.590. The second-order valence-electron chi connectivity index (χ2n) is 4.78. The molecule has 1 aromatic rings. The van der Waals surface area contributed by atoms with E-state index in [1.54, 1.807) is 12.1 Å². The first-order valence-corrected chi connectivity index (χ1v) is 6.68. The Labute approximate surface area is 122 Å². The Morgan fingerprint density at radius 3 is 2.79 bits per heavy atom. The van der Waals surface area contributed by atoms with E-state index in [-0.39, 0.29) is 12.0 Å². The van der Waals surface area contributed by atoms with Crippen molar-refractivity contribution < 1.29 is 14.3 Å². The summed E-state index contributed by atoms with van der Waals surface area (Å²) in [6.45, 7) is 4.51. The predicted octanol–water partition coefficient (Wildman–Crippen LogP) is 2.87. The van der Waals surface area contributed by atoms with Crippen LogP contribution in [0.1, 0.15) is 24.2 Å². The number of rotatable bonds is 3. The van der Waals surface area contributed by atoms with Crippen molar-refractivity contribution in [1.82, 2.24) is 5.32 Å². The zero-order valence-electron chi connectivity index (χ0n) is 10.7. The highest BCUT2D eigenvalue weighted by Crippen LogP contribution is 2.23. The van der Waals surface area contributed by atoms with Gasteiger partial charge in [0.05, 0.1) is 17.2 Å². The second-order valence-corrected chi connectivity index (χ2v) is 5.63. The van der Waals surface area contributed by atoms with Crippen molar-refractivity contribution in [2.75, 3.05) is 13.2 Å². The molecule has 1 heterocycles. The predicted molar refractivity (Wildman–Crippen MR) is 73.7 cm³/mol. The lowest BCUT2D eigenvalue weighted by Gasteiger charge is -2.17. The van der Waals surface area contributed by atoms with Crippen LogP contribution in [0.4, 0.5) is 0 Å². The number of ether oxygens (including phenoxy) is 2. The van der Waals surface area contributed by atoms with Gasteiger partial charge in [-0.05, 0) is 32.0 Å². The molecule has 0 saturated carbocycles. The number of benzene rings is 1. The summed E-state index contributed by atoms with van der Waals surface area (Å²) in [4.78, 5) is 12.0. The molecule has 6 heteroatoms. The van der Waals surface area contributed by atoms with Crippen molar-refractivity contribution >= 4 is 29.1 Å². The molecule has 1 unspecified atom stereocenters. The minimum absolute atomic E-state index is 0.148. The minimum Gasteiger partial charge on any atom is -0.349 e. The van der Waals surface area contributed by atoms with E-state index in [4.69, 9.17) is 32.7 Å². The summed E-state index contributed by atoms with van der Waals surface area (Å²) in [6, 6.07) is 4.76. The van der Waals surface area contributed by atoms with Crippen LogP contribution in [0.5, 0.6) is 0 Å². The topological polar surface area (TPSA) is 47.6 Å². The van der Waals surface area contributed by atoms with Gasteiger partial charge >= 0.3 is 0 Å². The normalized spacial score (nSPS) is 21.4. The van der Waals surface area contributed by atoms with Crippen molar-refractivity contribution in [1.29, 1.82) is 0 Å². The number of hydrogen-bond donors (Lipinski definition) is 1. The smallest absolute Gasteiger partial charge is 0.252 e. The lowest BCUT2D eigenvalue weighted by Crippen LogP contribution is -2.34. The Morgan fingerprint density at radius 1 is 1.47 bits per heavy atom. The van der Waals surface area contributed by atoms with Crippen molar-refractivity contribution in [3.63, 3.8) is 0 Å². The Kier molecular flexibility index (Phi) is 4.36. The molecule has 0 aromatic heterocycles. The Balaban J connectivity index is 1.91. The highest BCUT2D eigenvalue weighted by Gasteiger charge is 2.32. The van der Waals surface area contributed by atoms with Gasteiger partial charge in [0.2, 0.25) is 0 Å². The summed E-state index contributed by atoms with van der Waals surface area (Å²) in [5, 5.41) is 3.59. The highest BCUT2D eigenvalue weighted by molar-refractivity contribution is 6.36. The molecule has 19 heavy (non-hydrogen) atoms. The highest BCUT2D eigenvalue weighted by atomic mass is 35.5. The molecule has 104 valence electrons. The monoisotopic (exact) mass is 303 g/mol. The maximum Gasteiger partial charge on any atom is 0.252 e. The van der Waals surface area contributed by atoms with Crippen LogP contribution < -0.4 is 5.32 Å². The van der Waals surface area contributed by atoms with Gasteiger partial charge in [-0.3, -0.25) is 4.79 Å². The summed E-state index contributed by atoms with van der Waals surface area (Å²) in [7, 11) is 0. The van der Waals surface area contributed by atoms with Gasteiger partial charge in [-0.25, -0.2) is 0 Å². The van der Waals surface area contributed by atoms with E-state index in [9.17, 15) is 4.79 Å². The van der Waals surface area contributed by atoms with Crippen LogP contribution >= 0.6 is 23.2 Å². The van der Waals surface area contributed by atoms with Crippen molar-refractivity contribution in [3.8, 4) is 0 Å². The molecule has 1 aliphatic heterocycles. The van der Waals surface area contributed by atoms with Gasteiger partial charge in [0.15, 0.2) is 5.79 Å². The van der Waals surface area contributed by atoms with E-state index in [0.29, 0.717) is 28.8 Å². The lowest BCUT2D eigenvalue weighted by molar-refractivity contribution is -0.137. The standard InChI is InChI=1S/C13H15Cl2NO3/c1-13(2)18-7-9(19-13)6-16-12(17)10-4-3-8(14)5-11(10)15/h3-5,9H,6-7H2,1-2H3,(H,16,17). The Morgan fingerprint density at radius 2 is 2.21 bits per heavy atom. The molecule has 0 spiro atoms. The molecule has 0 radical (unpaired) electrons. The first kappa shape index (κ1) is 14.6. The number of halogens is 2. The second kappa shape index (κ2) is 5.67. The molecule has 0 bridgehead atoms. The quantitative estimate of drug-likeness (QED) is 0.934. The number of carbonyl (C=O) groups excluding carboxylic acids is 1. The van der Waals surface area contributed by atoms with E-state index >= 15 is 0 Å². The Bertz CT molecular complexity index is 491. The number of carbonyl (C=O) groups is 1. The zero-order valence-corrected chi connectivity index (χ0v) is 12.2. The van der Waals surface area contributed by atoms with E-state index < -0.39 is 5.79 Å². The molecular weight excluding hydrogens is 289 g/mol. The van der Waals surface area contributed by atoms with Crippen LogP contribution in [0.3, 0.4) is 0 Å². The summed E-state index contributed by atoms with van der Waals surface area (Å²) in [5.41, 5.74) is 0.393. The molecule has 1 aromatic carbocycles.